The van der Waals surface area contributed by atoms with Crippen LogP contribution in [-0.4, -0.2) is 33.1 Å². The van der Waals surface area contributed by atoms with Crippen molar-refractivity contribution in [3.05, 3.63) is 64.0 Å². The Labute approximate surface area is 161 Å². The van der Waals surface area contributed by atoms with Crippen LogP contribution in [0.1, 0.15) is 18.4 Å². The van der Waals surface area contributed by atoms with Gasteiger partial charge in [-0.1, -0.05) is 12.1 Å². The van der Waals surface area contributed by atoms with E-state index in [0.717, 1.165) is 11.6 Å². The maximum absolute atomic E-state index is 13.3. The SMILES string of the molecule is NS(=O)(=O)c1cc([N+](=O)[O-])ccc1NCC1(c2ccc(F)cc2)CCOCC1. The van der Waals surface area contributed by atoms with E-state index in [1.165, 1.54) is 24.3 Å². The third-order valence-electron chi connectivity index (χ3n) is 5.01. The number of anilines is 1. The van der Waals surface area contributed by atoms with Gasteiger partial charge in [0.15, 0.2) is 0 Å². The van der Waals surface area contributed by atoms with Gasteiger partial charge in [0.25, 0.3) is 5.69 Å². The molecule has 150 valence electrons. The largest absolute Gasteiger partial charge is 0.383 e. The molecular weight excluding hydrogens is 389 g/mol. The van der Waals surface area contributed by atoms with Crippen molar-refractivity contribution in [2.24, 2.45) is 5.14 Å². The number of nitro groups is 1. The second kappa shape index (κ2) is 7.82. The Morgan fingerprint density at radius 3 is 2.39 bits per heavy atom. The molecular formula is C18H20FN3O5S. The molecule has 3 N–H and O–H groups in total. The third kappa shape index (κ3) is 4.29. The minimum absolute atomic E-state index is 0.182. The normalized spacial score (nSPS) is 16.5. The van der Waals surface area contributed by atoms with Crippen molar-refractivity contribution < 1.29 is 22.5 Å². The van der Waals surface area contributed by atoms with Gasteiger partial charge in [-0.3, -0.25) is 10.1 Å². The van der Waals surface area contributed by atoms with Gasteiger partial charge < -0.3 is 10.1 Å². The summed E-state index contributed by atoms with van der Waals surface area (Å²) >= 11 is 0. The number of nitrogens with zero attached hydrogens (tertiary/aromatic N) is 1. The van der Waals surface area contributed by atoms with Crippen LogP contribution in [-0.2, 0) is 20.2 Å². The van der Waals surface area contributed by atoms with Gasteiger partial charge in [0.2, 0.25) is 10.0 Å². The first-order valence-corrected chi connectivity index (χ1v) is 10.1. The number of nitro benzene ring substituents is 1. The lowest BCUT2D eigenvalue weighted by Crippen LogP contribution is -2.40. The average Bonchev–Trinajstić information content (AvgIpc) is 2.66. The number of halogens is 1. The van der Waals surface area contributed by atoms with Crippen LogP contribution in [0.15, 0.2) is 47.4 Å². The fraction of sp³-hybridized carbons (Fsp3) is 0.333. The van der Waals surface area contributed by atoms with E-state index in [9.17, 15) is 22.9 Å². The van der Waals surface area contributed by atoms with Gasteiger partial charge >= 0.3 is 0 Å². The average molecular weight is 409 g/mol. The lowest BCUT2D eigenvalue weighted by Gasteiger charge is -2.38. The van der Waals surface area contributed by atoms with E-state index in [4.69, 9.17) is 9.88 Å². The van der Waals surface area contributed by atoms with Crippen molar-refractivity contribution in [2.75, 3.05) is 25.1 Å². The van der Waals surface area contributed by atoms with Crippen LogP contribution in [0.2, 0.25) is 0 Å². The summed E-state index contributed by atoms with van der Waals surface area (Å²) in [7, 11) is -4.17. The molecule has 0 bridgehead atoms. The fourth-order valence-electron chi connectivity index (χ4n) is 3.40. The van der Waals surface area contributed by atoms with Crippen molar-refractivity contribution >= 4 is 21.4 Å². The Kier molecular flexibility index (Phi) is 5.64. The van der Waals surface area contributed by atoms with Crippen LogP contribution in [0.3, 0.4) is 0 Å². The molecule has 0 spiro atoms. The van der Waals surface area contributed by atoms with E-state index in [-0.39, 0.29) is 22.1 Å². The highest BCUT2D eigenvalue weighted by molar-refractivity contribution is 7.89. The van der Waals surface area contributed by atoms with E-state index >= 15 is 0 Å². The highest BCUT2D eigenvalue weighted by atomic mass is 32.2. The molecule has 0 atom stereocenters. The van der Waals surface area contributed by atoms with Crippen LogP contribution in [0, 0.1) is 15.9 Å². The van der Waals surface area contributed by atoms with Crippen LogP contribution in [0.25, 0.3) is 0 Å². The molecule has 0 radical (unpaired) electrons. The van der Waals surface area contributed by atoms with Crippen LogP contribution in [0.5, 0.6) is 0 Å². The van der Waals surface area contributed by atoms with Gasteiger partial charge in [-0.2, -0.15) is 0 Å². The molecule has 2 aromatic carbocycles. The predicted octanol–water partition coefficient (Wildman–Crippen LogP) is 2.54. The molecule has 1 aliphatic rings. The predicted molar refractivity (Wildman–Crippen MR) is 101 cm³/mol. The number of hydrogen-bond donors (Lipinski definition) is 2. The molecule has 3 rings (SSSR count). The van der Waals surface area contributed by atoms with E-state index in [2.05, 4.69) is 5.32 Å². The summed E-state index contributed by atoms with van der Waals surface area (Å²) in [5.41, 5.74) is 0.322. The molecule has 28 heavy (non-hydrogen) atoms. The van der Waals surface area contributed by atoms with Gasteiger partial charge in [-0.05, 0) is 36.6 Å². The summed E-state index contributed by atoms with van der Waals surface area (Å²) in [5, 5.41) is 19.3. The summed E-state index contributed by atoms with van der Waals surface area (Å²) in [5.74, 6) is -0.342. The number of nitrogens with one attached hydrogen (secondary N) is 1. The molecule has 1 aliphatic heterocycles. The molecule has 0 amide bonds. The summed E-state index contributed by atoms with van der Waals surface area (Å²) in [6.07, 6.45) is 1.31. The topological polar surface area (TPSA) is 125 Å². The molecule has 1 heterocycles. The Morgan fingerprint density at radius 1 is 1.18 bits per heavy atom. The third-order valence-corrected chi connectivity index (χ3v) is 5.96. The summed E-state index contributed by atoms with van der Waals surface area (Å²) in [4.78, 5) is 9.94. The van der Waals surface area contributed by atoms with Gasteiger partial charge in [-0.25, -0.2) is 17.9 Å². The highest BCUT2D eigenvalue weighted by Crippen LogP contribution is 2.36. The fourth-order valence-corrected chi connectivity index (χ4v) is 4.14. The minimum Gasteiger partial charge on any atom is -0.383 e. The number of rotatable bonds is 6. The smallest absolute Gasteiger partial charge is 0.270 e. The van der Waals surface area contributed by atoms with Gasteiger partial charge in [0, 0.05) is 37.3 Å². The monoisotopic (exact) mass is 409 g/mol. The molecule has 0 aliphatic carbocycles. The van der Waals surface area contributed by atoms with E-state index in [0.29, 0.717) is 32.6 Å². The minimum atomic E-state index is -4.17. The number of sulfonamides is 1. The van der Waals surface area contributed by atoms with E-state index in [1.807, 2.05) is 0 Å². The van der Waals surface area contributed by atoms with E-state index < -0.39 is 20.4 Å². The second-order valence-corrected chi connectivity index (χ2v) is 8.27. The van der Waals surface area contributed by atoms with Gasteiger partial charge in [-0.15, -0.1) is 0 Å². The molecule has 1 fully saturated rings. The number of non-ortho nitro benzene ring substituents is 1. The number of hydrogen-bond acceptors (Lipinski definition) is 6. The first-order chi connectivity index (χ1) is 13.2. The summed E-state index contributed by atoms with van der Waals surface area (Å²) < 4.78 is 42.6. The van der Waals surface area contributed by atoms with Crippen LogP contribution < -0.4 is 10.5 Å². The Bertz CT molecular complexity index is 973. The lowest BCUT2D eigenvalue weighted by atomic mass is 9.74. The first-order valence-electron chi connectivity index (χ1n) is 8.60. The first kappa shape index (κ1) is 20.2. The maximum atomic E-state index is 13.3. The lowest BCUT2D eigenvalue weighted by molar-refractivity contribution is -0.385. The zero-order valence-electron chi connectivity index (χ0n) is 14.9. The molecule has 2 aromatic rings. The van der Waals surface area contributed by atoms with Crippen molar-refractivity contribution in [2.45, 2.75) is 23.2 Å². The highest BCUT2D eigenvalue weighted by Gasteiger charge is 2.35. The molecule has 1 saturated heterocycles. The van der Waals surface area contributed by atoms with Crippen LogP contribution in [0.4, 0.5) is 15.8 Å². The van der Waals surface area contributed by atoms with Gasteiger partial charge in [0.05, 0.1) is 10.6 Å². The van der Waals surface area contributed by atoms with E-state index in [1.54, 1.807) is 12.1 Å². The van der Waals surface area contributed by atoms with Crippen molar-refractivity contribution in [3.8, 4) is 0 Å². The van der Waals surface area contributed by atoms with Crippen LogP contribution >= 0.6 is 0 Å². The van der Waals surface area contributed by atoms with Crippen molar-refractivity contribution in [3.63, 3.8) is 0 Å². The Balaban J connectivity index is 1.94. The molecule has 10 heteroatoms. The molecule has 0 saturated carbocycles. The number of primary sulfonamides is 1. The van der Waals surface area contributed by atoms with Gasteiger partial charge in [0.1, 0.15) is 10.7 Å². The quantitative estimate of drug-likeness (QED) is 0.558. The zero-order valence-corrected chi connectivity index (χ0v) is 15.7. The van der Waals surface area contributed by atoms with Crippen molar-refractivity contribution in [1.82, 2.24) is 0 Å². The number of benzene rings is 2. The second-order valence-electron chi connectivity index (χ2n) is 6.74. The summed E-state index contributed by atoms with van der Waals surface area (Å²) in [6, 6.07) is 9.66. The number of ether oxygens (including phenoxy) is 1. The molecule has 0 unspecified atom stereocenters. The molecule has 0 aromatic heterocycles. The Morgan fingerprint density at radius 2 is 1.82 bits per heavy atom. The summed E-state index contributed by atoms with van der Waals surface area (Å²) in [6.45, 7) is 1.37. The Hall–Kier alpha value is -2.56. The number of nitrogens with two attached hydrogens (primary N) is 1. The standard InChI is InChI=1S/C18H20FN3O5S/c19-14-3-1-13(2-4-14)18(7-9-27-10-8-18)12-21-16-6-5-15(22(23)24)11-17(16)28(20,25)26/h1-6,11,21H,7-10,12H2,(H2,20,25,26). The maximum Gasteiger partial charge on any atom is 0.270 e. The molecule has 8 nitrogen and oxygen atoms in total. The zero-order chi connectivity index (χ0) is 20.4. The van der Waals surface area contributed by atoms with Crippen molar-refractivity contribution in [1.29, 1.82) is 0 Å².